The van der Waals surface area contributed by atoms with Crippen molar-refractivity contribution >= 4 is 17.9 Å². The smallest absolute Gasteiger partial charge is 0.361 e. The zero-order valence-corrected chi connectivity index (χ0v) is 66.8. The second-order valence-corrected chi connectivity index (χ2v) is 29.8. The third kappa shape index (κ3) is 82.8. The van der Waals surface area contributed by atoms with Gasteiger partial charge in [-0.15, -0.1) is 0 Å². The van der Waals surface area contributed by atoms with E-state index >= 15 is 0 Å². The topological polar surface area (TPSA) is 108 Å². The van der Waals surface area contributed by atoms with Crippen molar-refractivity contribution in [1.82, 2.24) is 0 Å². The van der Waals surface area contributed by atoms with Gasteiger partial charge in [0.25, 0.3) is 6.29 Å². The van der Waals surface area contributed by atoms with Crippen LogP contribution < -0.4 is 0 Å². The van der Waals surface area contributed by atoms with E-state index in [9.17, 15) is 19.5 Å². The van der Waals surface area contributed by atoms with E-state index in [-0.39, 0.29) is 32.2 Å². The van der Waals surface area contributed by atoms with E-state index in [2.05, 4.69) is 135 Å². The Bertz CT molecular complexity index is 2090. The maximum Gasteiger partial charge on any atom is 0.361 e. The standard InChI is InChI=1S/C92H161NO8/c1-6-8-10-12-14-16-18-20-22-24-26-28-30-32-34-36-38-40-42-43-44-45-46-47-49-51-53-55-57-59-61-63-65-67-69-71-73-75-77-79-81-83-90(95)101-88(87-100-92(91(96)97)98-85-84-93(3,4)5)86-99-89(94)82-80-78-76-74-72-70-68-66-64-62-60-58-56-54-52-50-48-41-39-37-35-33-31-29-27-25-23-21-19-17-15-13-11-9-7-2/h8,10,14,16,20,22,26,28,32,34,38,40,43-44,46-47,51,53,57,59,88,92H,6-7,9,11-13,15,17-19,21,23-25,27,29-31,33,35-37,39,41-42,45,48-50,52,54-56,58,60-87H2,1-5H3/p+1/b10-8-,16-14-,22-20-,28-26-,34-32-,40-38-,44-43-,47-46-,53-51-,59-57-. The molecule has 0 fully saturated rings. The zero-order valence-electron chi connectivity index (χ0n) is 66.8. The fourth-order valence-corrected chi connectivity index (χ4v) is 12.3. The lowest BCUT2D eigenvalue weighted by atomic mass is 10.0. The van der Waals surface area contributed by atoms with Gasteiger partial charge in [-0.05, 0) is 89.9 Å². The van der Waals surface area contributed by atoms with Crippen molar-refractivity contribution in [1.29, 1.82) is 0 Å². The van der Waals surface area contributed by atoms with Crippen LogP contribution in [0, 0.1) is 0 Å². The van der Waals surface area contributed by atoms with Crippen molar-refractivity contribution in [2.45, 2.75) is 399 Å². The molecule has 2 unspecified atom stereocenters. The second kappa shape index (κ2) is 81.4. The molecule has 0 saturated carbocycles. The number of hydrogen-bond donors (Lipinski definition) is 1. The third-order valence-corrected chi connectivity index (χ3v) is 18.7. The summed E-state index contributed by atoms with van der Waals surface area (Å²) < 4.78 is 23.1. The fraction of sp³-hybridized carbons (Fsp3) is 0.750. The van der Waals surface area contributed by atoms with Crippen molar-refractivity contribution in [3.63, 3.8) is 0 Å². The summed E-state index contributed by atoms with van der Waals surface area (Å²) in [6.07, 6.45) is 114. The van der Waals surface area contributed by atoms with Crippen molar-refractivity contribution in [2.75, 3.05) is 47.5 Å². The van der Waals surface area contributed by atoms with Crippen LogP contribution >= 0.6 is 0 Å². The molecule has 101 heavy (non-hydrogen) atoms. The number of carbonyl (C=O) groups is 3. The van der Waals surface area contributed by atoms with Crippen LogP contribution in [-0.2, 0) is 33.3 Å². The Kier molecular flexibility index (Phi) is 77.9. The predicted molar refractivity (Wildman–Crippen MR) is 438 cm³/mol. The van der Waals surface area contributed by atoms with E-state index in [1.165, 1.54) is 244 Å². The summed E-state index contributed by atoms with van der Waals surface area (Å²) in [6.45, 7) is 4.81. The van der Waals surface area contributed by atoms with Gasteiger partial charge in [-0.1, -0.05) is 405 Å². The van der Waals surface area contributed by atoms with Gasteiger partial charge in [-0.25, -0.2) is 4.79 Å². The SMILES string of the molecule is CC/C=C\C/C=C\C/C=C\C/C=C\C/C=C\C/C=C\C/C=C\C/C=C\C/C=C\C/C=C\CCCCCCCCCCCCC(=O)OC(COC(=O)CCCCCCCCCCCCCCCCCCCCCCCCCCCCCCCCCCCCC)COC(OCC[N+](C)(C)C)C(=O)O. The molecule has 0 bridgehead atoms. The van der Waals surface area contributed by atoms with Crippen LogP contribution in [0.25, 0.3) is 0 Å². The van der Waals surface area contributed by atoms with E-state index in [1.54, 1.807) is 0 Å². The first-order valence-corrected chi connectivity index (χ1v) is 42.7. The Morgan fingerprint density at radius 3 is 0.842 bits per heavy atom. The molecule has 0 aliphatic carbocycles. The van der Waals surface area contributed by atoms with Gasteiger partial charge in [0, 0.05) is 12.8 Å². The average molecular weight is 1410 g/mol. The van der Waals surface area contributed by atoms with Crippen LogP contribution in [-0.4, -0.2) is 87.4 Å². The van der Waals surface area contributed by atoms with E-state index in [1.807, 2.05) is 21.1 Å². The highest BCUT2D eigenvalue weighted by Crippen LogP contribution is 2.20. The maximum atomic E-state index is 13.0. The van der Waals surface area contributed by atoms with Gasteiger partial charge in [-0.3, -0.25) is 9.59 Å². The fourth-order valence-electron chi connectivity index (χ4n) is 12.3. The maximum absolute atomic E-state index is 13.0. The van der Waals surface area contributed by atoms with Crippen LogP contribution in [0.15, 0.2) is 122 Å². The lowest BCUT2D eigenvalue weighted by molar-refractivity contribution is -0.870. The highest BCUT2D eigenvalue weighted by atomic mass is 16.7. The summed E-state index contributed by atoms with van der Waals surface area (Å²) in [4.78, 5) is 37.8. The van der Waals surface area contributed by atoms with Gasteiger partial charge in [-0.2, -0.15) is 0 Å². The zero-order chi connectivity index (χ0) is 73.2. The molecule has 0 aromatic rings. The molecule has 0 heterocycles. The first-order chi connectivity index (χ1) is 49.6. The van der Waals surface area contributed by atoms with Gasteiger partial charge in [0.1, 0.15) is 13.2 Å². The van der Waals surface area contributed by atoms with Crippen molar-refractivity contribution in [3.8, 4) is 0 Å². The number of likely N-dealkylation sites (N-methyl/N-ethyl adjacent to an activating group) is 1. The Morgan fingerprint density at radius 2 is 0.564 bits per heavy atom. The Labute approximate surface area is 625 Å². The van der Waals surface area contributed by atoms with Crippen LogP contribution in [0.1, 0.15) is 386 Å². The minimum absolute atomic E-state index is 0.184. The number of carboxylic acids is 1. The van der Waals surface area contributed by atoms with Gasteiger partial charge in [0.2, 0.25) is 0 Å². The first-order valence-electron chi connectivity index (χ1n) is 42.7. The van der Waals surface area contributed by atoms with Crippen LogP contribution in [0.3, 0.4) is 0 Å². The second-order valence-electron chi connectivity index (χ2n) is 29.8. The Morgan fingerprint density at radius 1 is 0.307 bits per heavy atom. The number of hydrogen-bond acceptors (Lipinski definition) is 7. The summed E-state index contributed by atoms with van der Waals surface area (Å²) >= 11 is 0. The Hall–Kier alpha value is -4.31. The van der Waals surface area contributed by atoms with E-state index in [0.717, 1.165) is 109 Å². The number of carbonyl (C=O) groups excluding carboxylic acids is 2. The number of aliphatic carboxylic acids is 1. The van der Waals surface area contributed by atoms with Crippen LogP contribution in [0.4, 0.5) is 0 Å². The quantitative estimate of drug-likeness (QED) is 0.0211. The van der Waals surface area contributed by atoms with Gasteiger partial charge in [0.15, 0.2) is 6.10 Å². The molecule has 9 heteroatoms. The summed E-state index contributed by atoms with van der Waals surface area (Å²) in [5.74, 6) is -2.00. The number of esters is 2. The number of nitrogens with zero attached hydrogens (tertiary/aromatic N) is 1. The van der Waals surface area contributed by atoms with Gasteiger partial charge in [0.05, 0.1) is 34.4 Å². The van der Waals surface area contributed by atoms with E-state index in [0.29, 0.717) is 23.9 Å². The largest absolute Gasteiger partial charge is 0.477 e. The molecule has 1 N–H and O–H groups in total. The van der Waals surface area contributed by atoms with E-state index in [4.69, 9.17) is 18.9 Å². The van der Waals surface area contributed by atoms with Crippen molar-refractivity contribution < 1.29 is 42.9 Å². The first kappa shape index (κ1) is 96.7. The molecule has 582 valence electrons. The predicted octanol–water partition coefficient (Wildman–Crippen LogP) is 27.8. The summed E-state index contributed by atoms with van der Waals surface area (Å²) in [5, 5.41) is 9.79. The number of ether oxygens (including phenoxy) is 4. The molecule has 0 aliphatic rings. The van der Waals surface area contributed by atoms with Crippen LogP contribution in [0.5, 0.6) is 0 Å². The van der Waals surface area contributed by atoms with Gasteiger partial charge >= 0.3 is 17.9 Å². The highest BCUT2D eigenvalue weighted by Gasteiger charge is 2.25. The number of rotatable bonds is 79. The molecule has 9 nitrogen and oxygen atoms in total. The number of carboxylic acid groups (broad SMARTS) is 1. The normalized spacial score (nSPS) is 13.2. The molecule has 0 saturated heterocycles. The lowest BCUT2D eigenvalue weighted by Gasteiger charge is -2.25. The lowest BCUT2D eigenvalue weighted by Crippen LogP contribution is -2.40. The Balaban J connectivity index is 4.03. The molecule has 0 rings (SSSR count). The summed E-state index contributed by atoms with van der Waals surface area (Å²) in [6, 6.07) is 0. The monoisotopic (exact) mass is 1410 g/mol. The third-order valence-electron chi connectivity index (χ3n) is 18.7. The molecule has 0 aromatic heterocycles. The minimum atomic E-state index is -1.52. The molecule has 0 aliphatic heterocycles. The number of unbranched alkanes of at least 4 members (excludes halogenated alkanes) is 44. The molecular weight excluding hydrogens is 1250 g/mol. The minimum Gasteiger partial charge on any atom is -0.477 e. The van der Waals surface area contributed by atoms with Crippen LogP contribution in [0.2, 0.25) is 0 Å². The molecule has 0 spiro atoms. The molecule has 0 amide bonds. The average Bonchev–Trinajstić information content (AvgIpc) is 1.21. The molecular formula is C92H162NO8+. The molecule has 0 radical (unpaired) electrons. The van der Waals surface area contributed by atoms with Crippen molar-refractivity contribution in [2.24, 2.45) is 0 Å². The van der Waals surface area contributed by atoms with E-state index < -0.39 is 24.3 Å². The molecule has 2 atom stereocenters. The highest BCUT2D eigenvalue weighted by molar-refractivity contribution is 5.71. The van der Waals surface area contributed by atoms with Gasteiger partial charge < -0.3 is 28.5 Å². The van der Waals surface area contributed by atoms with Crippen molar-refractivity contribution in [3.05, 3.63) is 122 Å². The number of allylic oxidation sites excluding steroid dienone is 20. The summed E-state index contributed by atoms with van der Waals surface area (Å²) in [7, 11) is 5.99. The number of quaternary nitrogens is 1. The molecule has 0 aromatic carbocycles. The summed E-state index contributed by atoms with van der Waals surface area (Å²) in [5.41, 5.74) is 0.